The van der Waals surface area contributed by atoms with Gasteiger partial charge in [0.2, 0.25) is 5.91 Å². The molecule has 22 heavy (non-hydrogen) atoms. The molecule has 5 nitrogen and oxygen atoms in total. The molecule has 1 saturated carbocycles. The van der Waals surface area contributed by atoms with Crippen LogP contribution in [-0.2, 0) is 17.9 Å². The average molecular weight is 298 g/mol. The molecule has 1 aromatic carbocycles. The number of nitrogens with zero attached hydrogens (tertiary/aromatic N) is 2. The molecule has 0 aliphatic heterocycles. The van der Waals surface area contributed by atoms with Gasteiger partial charge in [-0.05, 0) is 36.5 Å². The summed E-state index contributed by atoms with van der Waals surface area (Å²) < 4.78 is 1.89. The fourth-order valence-electron chi connectivity index (χ4n) is 2.93. The lowest BCUT2D eigenvalue weighted by Crippen LogP contribution is -2.29. The van der Waals surface area contributed by atoms with Crippen molar-refractivity contribution in [2.45, 2.75) is 38.4 Å². The third-order valence-corrected chi connectivity index (χ3v) is 4.24. The lowest BCUT2D eigenvalue weighted by atomic mass is 10.1. The highest BCUT2D eigenvalue weighted by atomic mass is 16.1. The fraction of sp³-hybridized carbons (Fsp3) is 0.412. The Balaban J connectivity index is 1.49. The summed E-state index contributed by atoms with van der Waals surface area (Å²) in [7, 11) is 0. The Morgan fingerprint density at radius 1 is 1.27 bits per heavy atom. The van der Waals surface area contributed by atoms with E-state index in [2.05, 4.69) is 34.7 Å². The summed E-state index contributed by atoms with van der Waals surface area (Å²) in [5, 5.41) is 7.21. The van der Waals surface area contributed by atoms with Crippen molar-refractivity contribution in [3.63, 3.8) is 0 Å². The molecule has 116 valence electrons. The van der Waals surface area contributed by atoms with Crippen LogP contribution in [0.5, 0.6) is 0 Å². The Hall–Kier alpha value is -2.14. The van der Waals surface area contributed by atoms with E-state index >= 15 is 0 Å². The second-order valence-corrected chi connectivity index (χ2v) is 6.01. The van der Waals surface area contributed by atoms with Gasteiger partial charge in [-0.1, -0.05) is 24.3 Å². The lowest BCUT2D eigenvalue weighted by molar-refractivity contribution is -0.125. The van der Waals surface area contributed by atoms with Gasteiger partial charge in [0, 0.05) is 30.9 Å². The predicted octanol–water partition coefficient (Wildman–Crippen LogP) is 1.67. The van der Waals surface area contributed by atoms with E-state index in [0.29, 0.717) is 6.54 Å². The van der Waals surface area contributed by atoms with Gasteiger partial charge in [0.15, 0.2) is 0 Å². The number of amides is 1. The SMILES string of the molecule is NC1CCC(C(=O)NCc2ccc(Cn3cccn3)cc2)C1. The van der Waals surface area contributed by atoms with Gasteiger partial charge in [-0.15, -0.1) is 0 Å². The Morgan fingerprint density at radius 2 is 2.05 bits per heavy atom. The highest BCUT2D eigenvalue weighted by molar-refractivity contribution is 5.79. The van der Waals surface area contributed by atoms with Crippen molar-refractivity contribution in [3.05, 3.63) is 53.9 Å². The Kier molecular flexibility index (Phi) is 4.53. The van der Waals surface area contributed by atoms with Gasteiger partial charge in [-0.25, -0.2) is 0 Å². The zero-order valence-electron chi connectivity index (χ0n) is 12.6. The predicted molar refractivity (Wildman–Crippen MR) is 84.9 cm³/mol. The molecule has 2 atom stereocenters. The van der Waals surface area contributed by atoms with Crippen molar-refractivity contribution in [1.29, 1.82) is 0 Å². The van der Waals surface area contributed by atoms with Crippen LogP contribution in [0, 0.1) is 5.92 Å². The maximum absolute atomic E-state index is 12.1. The molecular formula is C17H22N4O. The van der Waals surface area contributed by atoms with E-state index < -0.39 is 0 Å². The van der Waals surface area contributed by atoms with Gasteiger partial charge in [0.05, 0.1) is 6.54 Å². The molecule has 3 rings (SSSR count). The van der Waals surface area contributed by atoms with Crippen molar-refractivity contribution in [2.75, 3.05) is 0 Å². The number of nitrogens with one attached hydrogen (secondary N) is 1. The Labute approximate surface area is 130 Å². The largest absolute Gasteiger partial charge is 0.352 e. The van der Waals surface area contributed by atoms with E-state index in [1.54, 1.807) is 6.20 Å². The van der Waals surface area contributed by atoms with Gasteiger partial charge in [0.25, 0.3) is 0 Å². The quantitative estimate of drug-likeness (QED) is 0.882. The lowest BCUT2D eigenvalue weighted by Gasteiger charge is -2.11. The van der Waals surface area contributed by atoms with E-state index in [9.17, 15) is 4.79 Å². The number of rotatable bonds is 5. The third kappa shape index (κ3) is 3.74. The first-order valence-electron chi connectivity index (χ1n) is 7.79. The summed E-state index contributed by atoms with van der Waals surface area (Å²) in [4.78, 5) is 12.1. The minimum absolute atomic E-state index is 0.0917. The minimum Gasteiger partial charge on any atom is -0.352 e. The van der Waals surface area contributed by atoms with Crippen LogP contribution < -0.4 is 11.1 Å². The van der Waals surface area contributed by atoms with Crippen LogP contribution in [0.4, 0.5) is 0 Å². The van der Waals surface area contributed by atoms with Crippen molar-refractivity contribution in [3.8, 4) is 0 Å². The molecule has 0 bridgehead atoms. The van der Waals surface area contributed by atoms with Crippen molar-refractivity contribution in [1.82, 2.24) is 15.1 Å². The van der Waals surface area contributed by atoms with E-state index in [0.717, 1.165) is 31.4 Å². The molecular weight excluding hydrogens is 276 g/mol. The minimum atomic E-state index is 0.0917. The van der Waals surface area contributed by atoms with Crippen LogP contribution in [0.25, 0.3) is 0 Å². The van der Waals surface area contributed by atoms with Crippen molar-refractivity contribution in [2.24, 2.45) is 11.7 Å². The maximum Gasteiger partial charge on any atom is 0.223 e. The van der Waals surface area contributed by atoms with Crippen LogP contribution in [-0.4, -0.2) is 21.7 Å². The van der Waals surface area contributed by atoms with E-state index in [-0.39, 0.29) is 17.9 Å². The first-order valence-corrected chi connectivity index (χ1v) is 7.79. The fourth-order valence-corrected chi connectivity index (χ4v) is 2.93. The maximum atomic E-state index is 12.1. The van der Waals surface area contributed by atoms with Gasteiger partial charge in [-0.3, -0.25) is 9.48 Å². The molecule has 3 N–H and O–H groups in total. The van der Waals surface area contributed by atoms with Crippen molar-refractivity contribution < 1.29 is 4.79 Å². The molecule has 0 spiro atoms. The molecule has 1 aromatic heterocycles. The normalized spacial score (nSPS) is 21.0. The van der Waals surface area contributed by atoms with Crippen LogP contribution in [0.2, 0.25) is 0 Å². The molecule has 2 unspecified atom stereocenters. The summed E-state index contributed by atoms with van der Waals surface area (Å²) in [6.07, 6.45) is 6.41. The standard InChI is InChI=1S/C17H22N4O/c18-16-7-6-15(10-16)17(22)19-11-13-2-4-14(5-3-13)12-21-9-1-8-20-21/h1-5,8-9,15-16H,6-7,10-12,18H2,(H,19,22). The second kappa shape index (κ2) is 6.75. The number of hydrogen-bond acceptors (Lipinski definition) is 3. The van der Waals surface area contributed by atoms with E-state index in [4.69, 9.17) is 5.73 Å². The summed E-state index contributed by atoms with van der Waals surface area (Å²) >= 11 is 0. The third-order valence-electron chi connectivity index (χ3n) is 4.24. The first kappa shape index (κ1) is 14.8. The van der Waals surface area contributed by atoms with E-state index in [1.165, 1.54) is 5.56 Å². The molecule has 1 fully saturated rings. The molecule has 0 radical (unpaired) electrons. The van der Waals surface area contributed by atoms with Crippen LogP contribution in [0.3, 0.4) is 0 Å². The molecule has 5 heteroatoms. The summed E-state index contributed by atoms with van der Waals surface area (Å²) in [5.74, 6) is 0.225. The van der Waals surface area contributed by atoms with Gasteiger partial charge in [0.1, 0.15) is 0 Å². The number of benzene rings is 1. The van der Waals surface area contributed by atoms with Crippen LogP contribution in [0.1, 0.15) is 30.4 Å². The number of aromatic nitrogens is 2. The monoisotopic (exact) mass is 298 g/mol. The zero-order chi connectivity index (χ0) is 15.4. The van der Waals surface area contributed by atoms with Gasteiger partial charge < -0.3 is 11.1 Å². The molecule has 0 saturated heterocycles. The molecule has 1 aliphatic rings. The van der Waals surface area contributed by atoms with E-state index in [1.807, 2.05) is 16.9 Å². The summed E-state index contributed by atoms with van der Waals surface area (Å²) in [6, 6.07) is 10.4. The molecule has 1 heterocycles. The number of carbonyl (C=O) groups excluding carboxylic acids is 1. The highest BCUT2D eigenvalue weighted by Crippen LogP contribution is 2.24. The van der Waals surface area contributed by atoms with Gasteiger partial charge in [-0.2, -0.15) is 5.10 Å². The van der Waals surface area contributed by atoms with Crippen LogP contribution in [0.15, 0.2) is 42.7 Å². The smallest absolute Gasteiger partial charge is 0.223 e. The number of nitrogens with two attached hydrogens (primary N) is 1. The van der Waals surface area contributed by atoms with Gasteiger partial charge >= 0.3 is 0 Å². The molecule has 2 aromatic rings. The second-order valence-electron chi connectivity index (χ2n) is 6.01. The van der Waals surface area contributed by atoms with Crippen molar-refractivity contribution >= 4 is 5.91 Å². The molecule has 1 amide bonds. The Bertz CT molecular complexity index is 606. The Morgan fingerprint density at radius 3 is 2.68 bits per heavy atom. The molecule has 1 aliphatic carbocycles. The number of hydrogen-bond donors (Lipinski definition) is 2. The zero-order valence-corrected chi connectivity index (χ0v) is 12.6. The topological polar surface area (TPSA) is 72.9 Å². The first-order chi connectivity index (χ1) is 10.7. The number of carbonyl (C=O) groups is 1. The average Bonchev–Trinajstić information content (AvgIpc) is 3.18. The summed E-state index contributed by atoms with van der Waals surface area (Å²) in [5.41, 5.74) is 8.16. The highest BCUT2D eigenvalue weighted by Gasteiger charge is 2.27. The van der Waals surface area contributed by atoms with Crippen LogP contribution >= 0.6 is 0 Å². The summed E-state index contributed by atoms with van der Waals surface area (Å²) in [6.45, 7) is 1.34.